The summed E-state index contributed by atoms with van der Waals surface area (Å²) >= 11 is 0. The summed E-state index contributed by atoms with van der Waals surface area (Å²) in [5.74, 6) is -0.387. The number of nitrogens with one attached hydrogen (secondary N) is 1. The molecule has 0 aliphatic heterocycles. The molecule has 1 amide bonds. The zero-order valence-corrected chi connectivity index (χ0v) is 11.6. The minimum atomic E-state index is -0.352. The van der Waals surface area contributed by atoms with E-state index in [1.54, 1.807) is 37.4 Å². The fourth-order valence-corrected chi connectivity index (χ4v) is 1.71. The highest BCUT2D eigenvalue weighted by atomic mass is 16.2. The SMILES string of the molecule is CC(CC(=O)c1ccccc1)=NNC(=O)c1cccnc1. The van der Waals surface area contributed by atoms with Gasteiger partial charge in [-0.05, 0) is 19.1 Å². The first-order chi connectivity index (χ1) is 10.2. The Bertz CT molecular complexity index is 652. The number of pyridine rings is 1. The van der Waals surface area contributed by atoms with E-state index in [1.807, 2.05) is 18.2 Å². The van der Waals surface area contributed by atoms with Crippen LogP contribution in [0.5, 0.6) is 0 Å². The van der Waals surface area contributed by atoms with Crippen molar-refractivity contribution in [2.45, 2.75) is 13.3 Å². The van der Waals surface area contributed by atoms with E-state index in [0.717, 1.165) is 0 Å². The largest absolute Gasteiger partial charge is 0.294 e. The standard InChI is InChI=1S/C16H15N3O2/c1-12(10-15(20)13-6-3-2-4-7-13)18-19-16(21)14-8-5-9-17-11-14/h2-9,11H,10H2,1H3,(H,19,21). The number of amides is 1. The number of carbonyl (C=O) groups excluding carboxylic acids is 2. The van der Waals surface area contributed by atoms with E-state index >= 15 is 0 Å². The predicted molar refractivity (Wildman–Crippen MR) is 80.2 cm³/mol. The second-order valence-electron chi connectivity index (χ2n) is 4.50. The lowest BCUT2D eigenvalue weighted by molar-refractivity contribution is 0.0950. The fraction of sp³-hybridized carbons (Fsp3) is 0.125. The highest BCUT2D eigenvalue weighted by Gasteiger charge is 2.08. The molecule has 2 aromatic rings. The third-order valence-corrected chi connectivity index (χ3v) is 2.78. The van der Waals surface area contributed by atoms with Crippen molar-refractivity contribution in [3.8, 4) is 0 Å². The Morgan fingerprint density at radius 1 is 1.10 bits per heavy atom. The number of carbonyl (C=O) groups is 2. The number of rotatable bonds is 5. The molecule has 0 saturated heterocycles. The van der Waals surface area contributed by atoms with Crippen LogP contribution in [0.1, 0.15) is 34.1 Å². The van der Waals surface area contributed by atoms with Crippen LogP contribution in [0.15, 0.2) is 60.0 Å². The van der Waals surface area contributed by atoms with Gasteiger partial charge < -0.3 is 0 Å². The molecule has 0 bridgehead atoms. The Balaban J connectivity index is 1.93. The summed E-state index contributed by atoms with van der Waals surface area (Å²) in [6.07, 6.45) is 3.20. The van der Waals surface area contributed by atoms with Crippen LogP contribution in [-0.2, 0) is 0 Å². The second-order valence-corrected chi connectivity index (χ2v) is 4.50. The monoisotopic (exact) mass is 281 g/mol. The molecule has 2 rings (SSSR count). The van der Waals surface area contributed by atoms with Crippen LogP contribution in [0, 0.1) is 0 Å². The highest BCUT2D eigenvalue weighted by Crippen LogP contribution is 2.04. The molecule has 0 aliphatic rings. The lowest BCUT2D eigenvalue weighted by atomic mass is 10.1. The molecule has 5 heteroatoms. The highest BCUT2D eigenvalue weighted by molar-refractivity contribution is 6.09. The normalized spacial score (nSPS) is 11.0. The molecule has 1 aromatic carbocycles. The number of benzene rings is 1. The van der Waals surface area contributed by atoms with Gasteiger partial charge in [0.2, 0.25) is 0 Å². The van der Waals surface area contributed by atoms with Crippen molar-refractivity contribution in [3.05, 3.63) is 66.0 Å². The quantitative estimate of drug-likeness (QED) is 0.520. The lowest BCUT2D eigenvalue weighted by Gasteiger charge is -2.02. The third-order valence-electron chi connectivity index (χ3n) is 2.78. The van der Waals surface area contributed by atoms with E-state index in [0.29, 0.717) is 16.8 Å². The summed E-state index contributed by atoms with van der Waals surface area (Å²) in [4.78, 5) is 27.6. The van der Waals surface area contributed by atoms with E-state index in [1.165, 1.54) is 6.20 Å². The van der Waals surface area contributed by atoms with Gasteiger partial charge in [-0.15, -0.1) is 0 Å². The van der Waals surface area contributed by atoms with E-state index in [9.17, 15) is 9.59 Å². The van der Waals surface area contributed by atoms with Gasteiger partial charge in [0.1, 0.15) is 0 Å². The number of nitrogens with zero attached hydrogens (tertiary/aromatic N) is 2. The molecular formula is C16H15N3O2. The lowest BCUT2D eigenvalue weighted by Crippen LogP contribution is -2.20. The maximum atomic E-state index is 12.0. The third kappa shape index (κ3) is 4.35. The molecule has 0 unspecified atom stereocenters. The van der Waals surface area contributed by atoms with Crippen LogP contribution in [0.2, 0.25) is 0 Å². The van der Waals surface area contributed by atoms with Gasteiger partial charge in [0.15, 0.2) is 5.78 Å². The summed E-state index contributed by atoms with van der Waals surface area (Å²) < 4.78 is 0. The number of hydrazone groups is 1. The van der Waals surface area contributed by atoms with Crippen LogP contribution in [0.4, 0.5) is 0 Å². The van der Waals surface area contributed by atoms with Gasteiger partial charge in [0.05, 0.1) is 12.0 Å². The molecule has 106 valence electrons. The average molecular weight is 281 g/mol. The molecule has 0 aliphatic carbocycles. The second kappa shape index (κ2) is 7.09. The zero-order chi connectivity index (χ0) is 15.1. The molecule has 1 heterocycles. The van der Waals surface area contributed by atoms with Crippen molar-refractivity contribution < 1.29 is 9.59 Å². The summed E-state index contributed by atoms with van der Waals surface area (Å²) in [7, 11) is 0. The smallest absolute Gasteiger partial charge is 0.272 e. The van der Waals surface area contributed by atoms with Crippen molar-refractivity contribution in [1.82, 2.24) is 10.4 Å². The van der Waals surface area contributed by atoms with Gasteiger partial charge in [0.25, 0.3) is 5.91 Å². The van der Waals surface area contributed by atoms with E-state index < -0.39 is 0 Å². The zero-order valence-electron chi connectivity index (χ0n) is 11.6. The van der Waals surface area contributed by atoms with Gasteiger partial charge in [-0.1, -0.05) is 30.3 Å². The number of hydrogen-bond donors (Lipinski definition) is 1. The minimum Gasteiger partial charge on any atom is -0.294 e. The Kier molecular flexibility index (Phi) is 4.93. The van der Waals surface area contributed by atoms with E-state index in [4.69, 9.17) is 0 Å². The Morgan fingerprint density at radius 3 is 2.48 bits per heavy atom. The van der Waals surface area contributed by atoms with Crippen LogP contribution >= 0.6 is 0 Å². The molecule has 1 aromatic heterocycles. The molecule has 5 nitrogen and oxygen atoms in total. The van der Waals surface area contributed by atoms with E-state index in [2.05, 4.69) is 15.5 Å². The van der Waals surface area contributed by atoms with Crippen molar-refractivity contribution in [3.63, 3.8) is 0 Å². The summed E-state index contributed by atoms with van der Waals surface area (Å²) in [5.41, 5.74) is 4.01. The van der Waals surface area contributed by atoms with E-state index in [-0.39, 0.29) is 18.1 Å². The molecule has 0 spiro atoms. The average Bonchev–Trinajstić information content (AvgIpc) is 2.54. The topological polar surface area (TPSA) is 71.4 Å². The minimum absolute atomic E-state index is 0.0347. The van der Waals surface area contributed by atoms with Gasteiger partial charge >= 0.3 is 0 Å². The van der Waals surface area contributed by atoms with Gasteiger partial charge in [-0.25, -0.2) is 5.43 Å². The molecule has 0 fully saturated rings. The van der Waals surface area contributed by atoms with Crippen LogP contribution in [0.25, 0.3) is 0 Å². The molecular weight excluding hydrogens is 266 g/mol. The van der Waals surface area contributed by atoms with Crippen molar-refractivity contribution in [2.24, 2.45) is 5.10 Å². The van der Waals surface area contributed by atoms with Crippen molar-refractivity contribution in [1.29, 1.82) is 0 Å². The maximum absolute atomic E-state index is 12.0. The van der Waals surface area contributed by atoms with Crippen molar-refractivity contribution >= 4 is 17.4 Å². The number of aromatic nitrogens is 1. The summed E-state index contributed by atoms with van der Waals surface area (Å²) in [6.45, 7) is 1.70. The van der Waals surface area contributed by atoms with Crippen molar-refractivity contribution in [2.75, 3.05) is 0 Å². The number of Topliss-reactive ketones (excluding diaryl/α,β-unsaturated/α-hetero) is 1. The Labute approximate surface area is 122 Å². The predicted octanol–water partition coefficient (Wildman–Crippen LogP) is 2.46. The summed E-state index contributed by atoms with van der Waals surface area (Å²) in [5, 5.41) is 3.93. The number of hydrogen-bond acceptors (Lipinski definition) is 4. The van der Waals surface area contributed by atoms with Crippen LogP contribution < -0.4 is 5.43 Å². The van der Waals surface area contributed by atoms with Crippen LogP contribution in [0.3, 0.4) is 0 Å². The maximum Gasteiger partial charge on any atom is 0.272 e. The molecule has 21 heavy (non-hydrogen) atoms. The molecule has 0 atom stereocenters. The summed E-state index contributed by atoms with van der Waals surface area (Å²) in [6, 6.07) is 12.3. The van der Waals surface area contributed by atoms with Crippen LogP contribution in [-0.4, -0.2) is 22.4 Å². The van der Waals surface area contributed by atoms with Gasteiger partial charge in [0, 0.05) is 23.7 Å². The Hall–Kier alpha value is -2.82. The first-order valence-electron chi connectivity index (χ1n) is 6.48. The first kappa shape index (κ1) is 14.6. The molecule has 0 saturated carbocycles. The first-order valence-corrected chi connectivity index (χ1v) is 6.48. The molecule has 1 N–H and O–H groups in total. The van der Waals surface area contributed by atoms with Gasteiger partial charge in [-0.2, -0.15) is 5.10 Å². The fourth-order valence-electron chi connectivity index (χ4n) is 1.71. The number of ketones is 1. The Morgan fingerprint density at radius 2 is 1.81 bits per heavy atom. The molecule has 0 radical (unpaired) electrons. The van der Waals surface area contributed by atoms with Gasteiger partial charge in [-0.3, -0.25) is 14.6 Å².